The second-order valence-corrected chi connectivity index (χ2v) is 4.74. The van der Waals surface area contributed by atoms with Crippen LogP contribution in [0.1, 0.15) is 15.9 Å². The molecule has 0 aliphatic heterocycles. The Bertz CT molecular complexity index is 540. The first kappa shape index (κ1) is 12.6. The van der Waals surface area contributed by atoms with E-state index in [9.17, 15) is 17.6 Å². The highest BCUT2D eigenvalue weighted by molar-refractivity contribution is 7.89. The predicted octanol–water partition coefficient (Wildman–Crippen LogP) is 0.141. The van der Waals surface area contributed by atoms with Crippen LogP contribution in [0.25, 0.3) is 0 Å². The Morgan fingerprint density at radius 2 is 2.00 bits per heavy atom. The van der Waals surface area contributed by atoms with Gasteiger partial charge < -0.3 is 5.32 Å². The Kier molecular flexibility index (Phi) is 3.30. The average Bonchev–Trinajstić information content (AvgIpc) is 2.18. The Labute approximate surface area is 92.5 Å². The van der Waals surface area contributed by atoms with E-state index in [1.54, 1.807) is 0 Å². The number of sulfonamides is 1. The molecule has 88 valence electrons. The number of amides is 1. The first-order valence-electron chi connectivity index (χ1n) is 4.32. The third-order valence-electron chi connectivity index (χ3n) is 2.09. The summed E-state index contributed by atoms with van der Waals surface area (Å²) in [5.74, 6) is -1.37. The van der Waals surface area contributed by atoms with Crippen molar-refractivity contribution >= 4 is 15.9 Å². The molecule has 3 N–H and O–H groups in total. The quantitative estimate of drug-likeness (QED) is 0.777. The number of halogens is 1. The van der Waals surface area contributed by atoms with Gasteiger partial charge in [0.25, 0.3) is 5.91 Å². The number of rotatable bonds is 2. The fraction of sp³-hybridized carbons (Fsp3) is 0.222. The van der Waals surface area contributed by atoms with Gasteiger partial charge in [-0.1, -0.05) is 0 Å². The van der Waals surface area contributed by atoms with Crippen LogP contribution in [0.5, 0.6) is 0 Å². The molecule has 7 heteroatoms. The van der Waals surface area contributed by atoms with Crippen LogP contribution in [-0.4, -0.2) is 21.4 Å². The van der Waals surface area contributed by atoms with Crippen LogP contribution in [0.3, 0.4) is 0 Å². The molecule has 5 nitrogen and oxygen atoms in total. The molecule has 16 heavy (non-hydrogen) atoms. The molecule has 0 bridgehead atoms. The third-order valence-corrected chi connectivity index (χ3v) is 3.13. The van der Waals surface area contributed by atoms with Gasteiger partial charge in [0.15, 0.2) is 0 Å². The number of nitrogens with two attached hydrogens (primary N) is 1. The van der Waals surface area contributed by atoms with Crippen LogP contribution < -0.4 is 10.5 Å². The molecule has 0 atom stereocenters. The van der Waals surface area contributed by atoms with Gasteiger partial charge in [-0.25, -0.2) is 17.9 Å². The second-order valence-electron chi connectivity index (χ2n) is 3.21. The van der Waals surface area contributed by atoms with Gasteiger partial charge in [-0.3, -0.25) is 4.79 Å². The maximum absolute atomic E-state index is 13.4. The highest BCUT2D eigenvalue weighted by Crippen LogP contribution is 2.19. The molecule has 1 rings (SSSR count). The average molecular weight is 246 g/mol. The summed E-state index contributed by atoms with van der Waals surface area (Å²) in [6, 6.07) is 2.01. The lowest BCUT2D eigenvalue weighted by atomic mass is 10.1. The lowest BCUT2D eigenvalue weighted by Crippen LogP contribution is -2.20. The second kappa shape index (κ2) is 4.18. The Morgan fingerprint density at radius 3 is 2.44 bits per heavy atom. The van der Waals surface area contributed by atoms with Crippen LogP contribution in [0.15, 0.2) is 17.0 Å². The first-order valence-corrected chi connectivity index (χ1v) is 5.87. The number of hydrogen-bond acceptors (Lipinski definition) is 3. The highest BCUT2D eigenvalue weighted by atomic mass is 32.2. The van der Waals surface area contributed by atoms with Crippen molar-refractivity contribution in [3.63, 3.8) is 0 Å². The number of benzene rings is 1. The molecular weight excluding hydrogens is 235 g/mol. The van der Waals surface area contributed by atoms with Crippen molar-refractivity contribution in [2.24, 2.45) is 5.14 Å². The number of carbonyl (C=O) groups is 1. The fourth-order valence-corrected chi connectivity index (χ4v) is 2.04. The molecule has 0 aliphatic rings. The molecule has 0 unspecified atom stereocenters. The van der Waals surface area contributed by atoms with Crippen molar-refractivity contribution in [1.29, 1.82) is 0 Å². The summed E-state index contributed by atoms with van der Waals surface area (Å²) in [6.45, 7) is 1.28. The van der Waals surface area contributed by atoms with E-state index in [1.807, 2.05) is 0 Å². The van der Waals surface area contributed by atoms with Crippen LogP contribution in [-0.2, 0) is 10.0 Å². The molecule has 1 aromatic rings. The van der Waals surface area contributed by atoms with Crippen LogP contribution in [0.4, 0.5) is 4.39 Å². The highest BCUT2D eigenvalue weighted by Gasteiger charge is 2.18. The molecule has 0 saturated heterocycles. The largest absolute Gasteiger partial charge is 0.355 e. The van der Waals surface area contributed by atoms with Crippen LogP contribution in [0, 0.1) is 12.7 Å². The molecule has 0 aromatic heterocycles. The topological polar surface area (TPSA) is 89.3 Å². The van der Waals surface area contributed by atoms with Gasteiger partial charge in [0.05, 0.1) is 4.90 Å². The predicted molar refractivity (Wildman–Crippen MR) is 55.9 cm³/mol. The monoisotopic (exact) mass is 246 g/mol. The summed E-state index contributed by atoms with van der Waals surface area (Å²) in [6.07, 6.45) is 0. The van der Waals surface area contributed by atoms with E-state index < -0.39 is 21.7 Å². The van der Waals surface area contributed by atoms with Gasteiger partial charge in [-0.2, -0.15) is 0 Å². The number of hydrogen-bond donors (Lipinski definition) is 2. The fourth-order valence-electron chi connectivity index (χ4n) is 1.22. The van der Waals surface area contributed by atoms with Crippen molar-refractivity contribution in [2.75, 3.05) is 7.05 Å². The van der Waals surface area contributed by atoms with Gasteiger partial charge in [0, 0.05) is 18.2 Å². The smallest absolute Gasteiger partial charge is 0.251 e. The minimum absolute atomic E-state index is 0.0883. The number of primary sulfonamides is 1. The number of carbonyl (C=O) groups excluding carboxylic acids is 1. The lowest BCUT2D eigenvalue weighted by Gasteiger charge is -2.07. The van der Waals surface area contributed by atoms with E-state index in [0.717, 1.165) is 12.1 Å². The Morgan fingerprint density at radius 1 is 1.44 bits per heavy atom. The first-order chi connectivity index (χ1) is 7.27. The zero-order chi connectivity index (χ0) is 12.5. The van der Waals surface area contributed by atoms with E-state index in [2.05, 4.69) is 5.32 Å². The van der Waals surface area contributed by atoms with Crippen molar-refractivity contribution in [3.8, 4) is 0 Å². The van der Waals surface area contributed by atoms with E-state index >= 15 is 0 Å². The number of nitrogens with one attached hydrogen (secondary N) is 1. The zero-order valence-corrected chi connectivity index (χ0v) is 9.56. The maximum atomic E-state index is 13.4. The molecule has 0 heterocycles. The lowest BCUT2D eigenvalue weighted by molar-refractivity contribution is 0.0962. The van der Waals surface area contributed by atoms with Crippen molar-refractivity contribution in [3.05, 3.63) is 29.1 Å². The summed E-state index contributed by atoms with van der Waals surface area (Å²) in [5.41, 5.74) is -0.190. The summed E-state index contributed by atoms with van der Waals surface area (Å²) >= 11 is 0. The van der Waals surface area contributed by atoms with Crippen molar-refractivity contribution < 1.29 is 17.6 Å². The Balaban J connectivity index is 3.52. The van der Waals surface area contributed by atoms with E-state index in [-0.39, 0.29) is 16.0 Å². The summed E-state index contributed by atoms with van der Waals surface area (Å²) < 4.78 is 35.7. The van der Waals surface area contributed by atoms with Crippen LogP contribution >= 0.6 is 0 Å². The van der Waals surface area contributed by atoms with Gasteiger partial charge in [-0.05, 0) is 19.1 Å². The molecule has 0 spiro atoms. The van der Waals surface area contributed by atoms with Gasteiger partial charge in [-0.15, -0.1) is 0 Å². The summed E-state index contributed by atoms with van der Waals surface area (Å²) in [4.78, 5) is 10.9. The Hall–Kier alpha value is -1.47. The normalized spacial score (nSPS) is 11.2. The zero-order valence-electron chi connectivity index (χ0n) is 8.74. The summed E-state index contributed by atoms with van der Waals surface area (Å²) in [7, 11) is -2.68. The van der Waals surface area contributed by atoms with Crippen molar-refractivity contribution in [2.45, 2.75) is 11.8 Å². The summed E-state index contributed by atoms with van der Waals surface area (Å²) in [5, 5.41) is 7.18. The minimum Gasteiger partial charge on any atom is -0.355 e. The molecule has 0 radical (unpaired) electrons. The van der Waals surface area contributed by atoms with Gasteiger partial charge >= 0.3 is 0 Å². The maximum Gasteiger partial charge on any atom is 0.251 e. The minimum atomic E-state index is -4.04. The molecule has 0 saturated carbocycles. The van der Waals surface area contributed by atoms with Gasteiger partial charge in [0.1, 0.15) is 5.82 Å². The molecule has 0 aliphatic carbocycles. The van der Waals surface area contributed by atoms with E-state index in [0.29, 0.717) is 0 Å². The van der Waals surface area contributed by atoms with Gasteiger partial charge in [0.2, 0.25) is 10.0 Å². The molecule has 1 aromatic carbocycles. The standard InChI is InChI=1S/C9H11FN2O3S/c1-5-7(10)3-6(9(13)12-2)4-8(5)16(11,14)15/h3-4H,1-2H3,(H,12,13)(H2,11,14,15). The SMILES string of the molecule is CNC(=O)c1cc(F)c(C)c(S(N)(=O)=O)c1. The van der Waals surface area contributed by atoms with E-state index in [1.165, 1.54) is 14.0 Å². The molecule has 0 fully saturated rings. The van der Waals surface area contributed by atoms with Crippen LogP contribution in [0.2, 0.25) is 0 Å². The van der Waals surface area contributed by atoms with Crippen molar-refractivity contribution in [1.82, 2.24) is 5.32 Å². The van der Waals surface area contributed by atoms with E-state index in [4.69, 9.17) is 5.14 Å². The molecular formula is C9H11FN2O3S. The third kappa shape index (κ3) is 2.37. The molecule has 1 amide bonds.